The normalized spacial score (nSPS) is 10.7. The van der Waals surface area contributed by atoms with Crippen LogP contribution in [0.15, 0.2) is 67.0 Å². The number of fused-ring (bicyclic) bond motifs is 1. The van der Waals surface area contributed by atoms with Gasteiger partial charge in [-0.15, -0.1) is 0 Å². The second-order valence-corrected chi connectivity index (χ2v) is 5.96. The van der Waals surface area contributed by atoms with Gasteiger partial charge in [0.2, 0.25) is 0 Å². The first-order chi connectivity index (χ1) is 12.7. The number of rotatable bonds is 4. The van der Waals surface area contributed by atoms with Gasteiger partial charge in [0.05, 0.1) is 12.6 Å². The summed E-state index contributed by atoms with van der Waals surface area (Å²) in [7, 11) is 1.67. The monoisotopic (exact) mass is 342 g/mol. The van der Waals surface area contributed by atoms with Crippen LogP contribution in [0.5, 0.6) is 5.75 Å². The van der Waals surface area contributed by atoms with Gasteiger partial charge in [0.1, 0.15) is 11.6 Å². The molecule has 0 spiro atoms. The van der Waals surface area contributed by atoms with Gasteiger partial charge in [-0.3, -0.25) is 4.98 Å². The molecule has 0 radical (unpaired) electrons. The van der Waals surface area contributed by atoms with Crippen molar-refractivity contribution in [3.63, 3.8) is 0 Å². The molecule has 2 aromatic heterocycles. The molecule has 0 unspecified atom stereocenters. The van der Waals surface area contributed by atoms with Gasteiger partial charge in [0, 0.05) is 35.1 Å². The highest BCUT2D eigenvalue weighted by Crippen LogP contribution is 2.29. The number of hydrogen-bond acceptors (Lipinski definition) is 5. The SMILES string of the molecule is COc1cc(Nc2nc(-c3cccnc3)nc3ccccc23)ccc1C. The van der Waals surface area contributed by atoms with Gasteiger partial charge in [-0.25, -0.2) is 9.97 Å². The number of nitrogens with zero attached hydrogens (tertiary/aromatic N) is 3. The lowest BCUT2D eigenvalue weighted by atomic mass is 10.2. The highest BCUT2D eigenvalue weighted by Gasteiger charge is 2.10. The lowest BCUT2D eigenvalue weighted by Gasteiger charge is -2.12. The molecule has 128 valence electrons. The van der Waals surface area contributed by atoms with Crippen molar-refractivity contribution < 1.29 is 4.74 Å². The summed E-state index contributed by atoms with van der Waals surface area (Å²) in [6.45, 7) is 2.02. The Kier molecular flexibility index (Phi) is 4.19. The Hall–Kier alpha value is -3.47. The molecule has 2 aromatic carbocycles. The van der Waals surface area contributed by atoms with Crippen LogP contribution in [0.3, 0.4) is 0 Å². The summed E-state index contributed by atoms with van der Waals surface area (Å²) in [4.78, 5) is 13.6. The van der Waals surface area contributed by atoms with Crippen molar-refractivity contribution in [3.05, 3.63) is 72.6 Å². The Balaban J connectivity index is 1.83. The summed E-state index contributed by atoms with van der Waals surface area (Å²) in [6, 6.07) is 17.8. The van der Waals surface area contributed by atoms with E-state index in [0.29, 0.717) is 5.82 Å². The van der Waals surface area contributed by atoms with Crippen LogP contribution in [0, 0.1) is 6.92 Å². The van der Waals surface area contributed by atoms with Crippen LogP contribution in [0.25, 0.3) is 22.3 Å². The number of aryl methyl sites for hydroxylation is 1. The summed E-state index contributed by atoms with van der Waals surface area (Å²) in [5.74, 6) is 2.22. The highest BCUT2D eigenvalue weighted by molar-refractivity contribution is 5.92. The number of nitrogens with one attached hydrogen (secondary N) is 1. The van der Waals surface area contributed by atoms with Gasteiger partial charge < -0.3 is 10.1 Å². The van der Waals surface area contributed by atoms with Crippen molar-refractivity contribution in [2.45, 2.75) is 6.92 Å². The van der Waals surface area contributed by atoms with E-state index >= 15 is 0 Å². The van der Waals surface area contributed by atoms with Gasteiger partial charge in [-0.2, -0.15) is 0 Å². The third-order valence-corrected chi connectivity index (χ3v) is 4.19. The van der Waals surface area contributed by atoms with E-state index in [9.17, 15) is 0 Å². The maximum absolute atomic E-state index is 5.42. The molecule has 0 aliphatic rings. The Labute approximate surface area is 151 Å². The minimum Gasteiger partial charge on any atom is -0.496 e. The molecule has 0 saturated heterocycles. The van der Waals surface area contributed by atoms with Crippen LogP contribution < -0.4 is 10.1 Å². The minimum absolute atomic E-state index is 0.637. The molecule has 0 saturated carbocycles. The predicted molar refractivity (Wildman–Crippen MR) is 104 cm³/mol. The zero-order valence-electron chi connectivity index (χ0n) is 14.6. The third-order valence-electron chi connectivity index (χ3n) is 4.19. The average Bonchev–Trinajstić information content (AvgIpc) is 2.70. The fourth-order valence-electron chi connectivity index (χ4n) is 2.83. The van der Waals surface area contributed by atoms with Crippen LogP contribution in [0.1, 0.15) is 5.56 Å². The summed E-state index contributed by atoms with van der Waals surface area (Å²) in [6.07, 6.45) is 3.51. The van der Waals surface area contributed by atoms with Crippen LogP contribution in [-0.4, -0.2) is 22.1 Å². The van der Waals surface area contributed by atoms with Gasteiger partial charge in [0.25, 0.3) is 0 Å². The van der Waals surface area contributed by atoms with Gasteiger partial charge >= 0.3 is 0 Å². The highest BCUT2D eigenvalue weighted by atomic mass is 16.5. The first-order valence-corrected chi connectivity index (χ1v) is 8.33. The molecule has 0 aliphatic heterocycles. The van der Waals surface area contributed by atoms with Gasteiger partial charge in [-0.05, 0) is 42.8 Å². The van der Waals surface area contributed by atoms with Crippen molar-refractivity contribution in [2.75, 3.05) is 12.4 Å². The fourth-order valence-corrected chi connectivity index (χ4v) is 2.83. The van der Waals surface area contributed by atoms with E-state index in [1.807, 2.05) is 61.5 Å². The summed E-state index contributed by atoms with van der Waals surface area (Å²) in [5, 5.41) is 4.37. The lowest BCUT2D eigenvalue weighted by molar-refractivity contribution is 0.412. The Morgan fingerprint density at radius 3 is 2.65 bits per heavy atom. The smallest absolute Gasteiger partial charge is 0.163 e. The van der Waals surface area contributed by atoms with E-state index in [-0.39, 0.29) is 0 Å². The molecule has 0 amide bonds. The molecule has 5 nitrogen and oxygen atoms in total. The van der Waals surface area contributed by atoms with Crippen molar-refractivity contribution >= 4 is 22.4 Å². The first kappa shape index (κ1) is 16.0. The summed E-state index contributed by atoms with van der Waals surface area (Å²) < 4.78 is 5.42. The maximum atomic E-state index is 5.42. The van der Waals surface area contributed by atoms with Gasteiger partial charge in [-0.1, -0.05) is 18.2 Å². The zero-order chi connectivity index (χ0) is 17.9. The van der Waals surface area contributed by atoms with E-state index < -0.39 is 0 Å². The molecular weight excluding hydrogens is 324 g/mol. The second kappa shape index (κ2) is 6.80. The van der Waals surface area contributed by atoms with Crippen LogP contribution in [-0.2, 0) is 0 Å². The molecule has 26 heavy (non-hydrogen) atoms. The van der Waals surface area contributed by atoms with Crippen LogP contribution >= 0.6 is 0 Å². The molecule has 0 aliphatic carbocycles. The van der Waals surface area contributed by atoms with E-state index in [1.165, 1.54) is 0 Å². The van der Waals surface area contributed by atoms with Gasteiger partial charge in [0.15, 0.2) is 5.82 Å². The zero-order valence-corrected chi connectivity index (χ0v) is 14.6. The quantitative estimate of drug-likeness (QED) is 0.580. The lowest BCUT2D eigenvalue weighted by Crippen LogP contribution is -2.00. The first-order valence-electron chi connectivity index (χ1n) is 8.33. The fraction of sp³-hybridized carbons (Fsp3) is 0.0952. The number of aromatic nitrogens is 3. The molecule has 1 N–H and O–H groups in total. The standard InChI is InChI=1S/C21H18N4O/c1-14-9-10-16(12-19(14)26-2)23-21-17-7-3-4-8-18(17)24-20(25-21)15-6-5-11-22-13-15/h3-13H,1-2H3,(H,23,24,25). The Bertz CT molecular complexity index is 1060. The second-order valence-electron chi connectivity index (χ2n) is 5.96. The topological polar surface area (TPSA) is 59.9 Å². The van der Waals surface area contributed by atoms with Crippen molar-refractivity contribution in [2.24, 2.45) is 0 Å². The van der Waals surface area contributed by atoms with E-state index in [2.05, 4.69) is 15.3 Å². The van der Waals surface area contributed by atoms with Crippen molar-refractivity contribution in [1.82, 2.24) is 15.0 Å². The van der Waals surface area contributed by atoms with Crippen LogP contribution in [0.2, 0.25) is 0 Å². The predicted octanol–water partition coefficient (Wildman–Crippen LogP) is 4.75. The number of methoxy groups -OCH3 is 1. The minimum atomic E-state index is 0.637. The molecular formula is C21H18N4O. The molecule has 5 heteroatoms. The summed E-state index contributed by atoms with van der Waals surface area (Å²) in [5.41, 5.74) is 3.75. The largest absolute Gasteiger partial charge is 0.496 e. The number of ether oxygens (including phenoxy) is 1. The Morgan fingerprint density at radius 2 is 1.85 bits per heavy atom. The van der Waals surface area contributed by atoms with E-state index in [1.54, 1.807) is 19.5 Å². The molecule has 0 atom stereocenters. The van der Waals surface area contributed by atoms with Crippen molar-refractivity contribution in [1.29, 1.82) is 0 Å². The Morgan fingerprint density at radius 1 is 0.962 bits per heavy atom. The van der Waals surface area contributed by atoms with E-state index in [0.717, 1.165) is 39.3 Å². The molecule has 4 aromatic rings. The average molecular weight is 342 g/mol. The maximum Gasteiger partial charge on any atom is 0.163 e. The summed E-state index contributed by atoms with van der Waals surface area (Å²) >= 11 is 0. The van der Waals surface area contributed by atoms with E-state index in [4.69, 9.17) is 9.72 Å². The number of para-hydroxylation sites is 1. The number of pyridine rings is 1. The third kappa shape index (κ3) is 3.07. The number of anilines is 2. The van der Waals surface area contributed by atoms with Crippen molar-refractivity contribution in [3.8, 4) is 17.1 Å². The molecule has 4 rings (SSSR count). The molecule has 0 fully saturated rings. The van der Waals surface area contributed by atoms with Crippen LogP contribution in [0.4, 0.5) is 11.5 Å². The number of benzene rings is 2. The molecule has 2 heterocycles. The molecule has 0 bridgehead atoms. The number of hydrogen-bond donors (Lipinski definition) is 1.